The third-order valence-electron chi connectivity index (χ3n) is 7.46. The highest BCUT2D eigenvalue weighted by Crippen LogP contribution is 2.28. The minimum Gasteiger partial charge on any atom is -0.355 e. The zero-order valence-electron chi connectivity index (χ0n) is 22.5. The molecule has 4 heterocycles. The summed E-state index contributed by atoms with van der Waals surface area (Å²) in [7, 11) is 3.76. The van der Waals surface area contributed by atoms with E-state index in [4.69, 9.17) is 0 Å². The number of likely N-dealkylation sites (N-methyl/N-ethyl adjacent to an activating group) is 1. The van der Waals surface area contributed by atoms with Crippen LogP contribution >= 0.6 is 0 Å². The summed E-state index contributed by atoms with van der Waals surface area (Å²) in [5.74, 6) is 1.83. The van der Waals surface area contributed by atoms with E-state index >= 15 is 0 Å². The van der Waals surface area contributed by atoms with Gasteiger partial charge in [-0.05, 0) is 30.4 Å². The molecule has 1 atom stereocenters. The average Bonchev–Trinajstić information content (AvgIpc) is 3.47. The van der Waals surface area contributed by atoms with Gasteiger partial charge in [0.1, 0.15) is 5.69 Å². The molecule has 0 spiro atoms. The molecule has 1 saturated heterocycles. The van der Waals surface area contributed by atoms with Crippen molar-refractivity contribution in [2.45, 2.75) is 52.1 Å². The average molecular weight is 504 g/mol. The summed E-state index contributed by atoms with van der Waals surface area (Å²) in [4.78, 5) is 30.2. The molecule has 5 rings (SSSR count). The normalized spacial score (nSPS) is 18.2. The number of carbonyl (C=O) groups is 1. The molecule has 0 saturated carbocycles. The third kappa shape index (κ3) is 5.46. The number of aromatic nitrogens is 4. The first-order valence-corrected chi connectivity index (χ1v) is 13.1. The van der Waals surface area contributed by atoms with Crippen molar-refractivity contribution in [1.82, 2.24) is 24.5 Å². The monoisotopic (exact) mass is 503 g/mol. The van der Waals surface area contributed by atoms with Crippen LogP contribution in [-0.4, -0.2) is 56.9 Å². The lowest BCUT2D eigenvalue weighted by atomic mass is 9.86. The smallest absolute Gasteiger partial charge is 0.290 e. The largest absolute Gasteiger partial charge is 0.355 e. The Morgan fingerprint density at radius 1 is 1.05 bits per heavy atom. The quantitative estimate of drug-likeness (QED) is 0.515. The maximum atomic E-state index is 13.0. The summed E-state index contributed by atoms with van der Waals surface area (Å²) in [5, 5.41) is 12.4. The lowest BCUT2D eigenvalue weighted by molar-refractivity contribution is 0.0965. The number of hydrogen-bond acceptors (Lipinski definition) is 7. The number of anilines is 3. The molecule has 0 aliphatic carbocycles. The van der Waals surface area contributed by atoms with E-state index in [1.807, 2.05) is 28.9 Å². The number of benzene rings is 1. The number of hydrogen-bond donors (Lipinski definition) is 1. The van der Waals surface area contributed by atoms with Gasteiger partial charge in [-0.1, -0.05) is 45.0 Å². The molecule has 3 aromatic rings. The number of aryl methyl sites for hydroxylation is 1. The predicted octanol–water partition coefficient (Wildman–Crippen LogP) is 3.56. The summed E-state index contributed by atoms with van der Waals surface area (Å²) in [6.45, 7) is 10.7. The molecule has 0 radical (unpaired) electrons. The fourth-order valence-electron chi connectivity index (χ4n) is 5.18. The van der Waals surface area contributed by atoms with Crippen molar-refractivity contribution in [3.63, 3.8) is 0 Å². The van der Waals surface area contributed by atoms with Crippen LogP contribution in [0.1, 0.15) is 55.2 Å². The number of fused-ring (bicyclic) bond motifs is 1. The van der Waals surface area contributed by atoms with E-state index in [2.05, 4.69) is 65.3 Å². The first-order chi connectivity index (χ1) is 17.6. The van der Waals surface area contributed by atoms with Crippen LogP contribution in [0, 0.1) is 5.92 Å². The molecule has 0 bridgehead atoms. The van der Waals surface area contributed by atoms with E-state index < -0.39 is 0 Å². The Labute approximate surface area is 218 Å². The molecule has 1 N–H and O–H groups in total. The zero-order valence-corrected chi connectivity index (χ0v) is 22.5. The Morgan fingerprint density at radius 2 is 1.81 bits per heavy atom. The molecule has 2 aliphatic rings. The summed E-state index contributed by atoms with van der Waals surface area (Å²) in [5.41, 5.74) is 3.45. The third-order valence-corrected chi connectivity index (χ3v) is 7.46. The van der Waals surface area contributed by atoms with Gasteiger partial charge in [0.15, 0.2) is 17.4 Å². The van der Waals surface area contributed by atoms with Crippen LogP contribution < -0.4 is 15.8 Å². The number of nitrogens with one attached hydrogen (secondary N) is 1. The molecule has 0 unspecified atom stereocenters. The van der Waals surface area contributed by atoms with Crippen molar-refractivity contribution in [2.75, 3.05) is 36.9 Å². The summed E-state index contributed by atoms with van der Waals surface area (Å²) < 4.78 is 3.37. The summed E-state index contributed by atoms with van der Waals surface area (Å²) in [6.07, 6.45) is 1.43. The molecule has 196 valence electrons. The van der Waals surface area contributed by atoms with Crippen molar-refractivity contribution in [2.24, 2.45) is 13.0 Å². The Morgan fingerprint density at radius 3 is 2.54 bits per heavy atom. The van der Waals surface area contributed by atoms with Crippen LogP contribution in [0.4, 0.5) is 17.3 Å². The second kappa shape index (κ2) is 9.78. The van der Waals surface area contributed by atoms with Gasteiger partial charge in [-0.3, -0.25) is 19.2 Å². The van der Waals surface area contributed by atoms with E-state index in [0.29, 0.717) is 17.9 Å². The van der Waals surface area contributed by atoms with Crippen LogP contribution in [0.15, 0.2) is 41.2 Å². The molecular formula is C28H37N7O2. The predicted molar refractivity (Wildman–Crippen MR) is 146 cm³/mol. The first-order valence-electron chi connectivity index (χ1n) is 13.1. The van der Waals surface area contributed by atoms with Crippen LogP contribution in [0.25, 0.3) is 0 Å². The van der Waals surface area contributed by atoms with Gasteiger partial charge in [-0.25, -0.2) is 4.68 Å². The van der Waals surface area contributed by atoms with Crippen LogP contribution in [0.5, 0.6) is 0 Å². The number of rotatable bonds is 6. The van der Waals surface area contributed by atoms with Crippen molar-refractivity contribution in [3.05, 3.63) is 63.6 Å². The van der Waals surface area contributed by atoms with Gasteiger partial charge >= 0.3 is 0 Å². The van der Waals surface area contributed by atoms with Gasteiger partial charge < -0.3 is 10.2 Å². The second-order valence-corrected chi connectivity index (χ2v) is 11.5. The molecule has 1 fully saturated rings. The highest BCUT2D eigenvalue weighted by molar-refractivity contribution is 5.96. The van der Waals surface area contributed by atoms with Crippen molar-refractivity contribution in [3.8, 4) is 0 Å². The van der Waals surface area contributed by atoms with Gasteiger partial charge in [0.2, 0.25) is 0 Å². The van der Waals surface area contributed by atoms with Gasteiger partial charge in [-0.15, -0.1) is 0 Å². The number of ketones is 1. The molecule has 37 heavy (non-hydrogen) atoms. The van der Waals surface area contributed by atoms with E-state index in [1.54, 1.807) is 7.05 Å². The molecular weight excluding hydrogens is 466 g/mol. The second-order valence-electron chi connectivity index (χ2n) is 11.5. The Balaban J connectivity index is 1.26. The lowest BCUT2D eigenvalue weighted by Gasteiger charge is -2.22. The van der Waals surface area contributed by atoms with E-state index in [0.717, 1.165) is 56.2 Å². The fraction of sp³-hybridized carbons (Fsp3) is 0.500. The van der Waals surface area contributed by atoms with Crippen LogP contribution in [0.2, 0.25) is 0 Å². The van der Waals surface area contributed by atoms with Gasteiger partial charge in [0.05, 0.1) is 12.2 Å². The Kier molecular flexibility index (Phi) is 6.66. The molecule has 0 amide bonds. The fourth-order valence-corrected chi connectivity index (χ4v) is 5.18. The zero-order chi connectivity index (χ0) is 26.3. The first kappa shape index (κ1) is 25.2. The number of carbonyl (C=O) groups excluding carboxylic acids is 1. The molecule has 2 aliphatic heterocycles. The maximum Gasteiger partial charge on any atom is 0.290 e. The van der Waals surface area contributed by atoms with Crippen LogP contribution in [-0.2, 0) is 25.6 Å². The maximum absolute atomic E-state index is 13.0. The Hall–Kier alpha value is -3.46. The van der Waals surface area contributed by atoms with E-state index in [9.17, 15) is 9.59 Å². The minimum atomic E-state index is -0.198. The van der Waals surface area contributed by atoms with E-state index in [-0.39, 0.29) is 22.7 Å². The molecule has 1 aromatic carbocycles. The minimum absolute atomic E-state index is 0.0673. The van der Waals surface area contributed by atoms with Crippen molar-refractivity contribution < 1.29 is 4.79 Å². The number of nitrogens with zero attached hydrogens (tertiary/aromatic N) is 6. The summed E-state index contributed by atoms with van der Waals surface area (Å²) >= 11 is 0. The molecule has 9 nitrogen and oxygen atoms in total. The SMILES string of the molecule is CN1CCn2nc(Nc3cc(N4CC[C@@H](CC(=O)c5ccc(C(C)(C)C)cc5)C4)nn(C)c3=O)cc2C1. The van der Waals surface area contributed by atoms with Crippen LogP contribution in [0.3, 0.4) is 0 Å². The van der Waals surface area contributed by atoms with Crippen molar-refractivity contribution >= 4 is 23.1 Å². The molecule has 9 heteroatoms. The van der Waals surface area contributed by atoms with Gasteiger partial charge in [-0.2, -0.15) is 10.2 Å². The molecule has 2 aromatic heterocycles. The standard InChI is InChI=1S/C28H37N7O2/c1-28(2,3)21-8-6-20(7-9-21)24(36)14-19-10-11-34(17-19)26-16-23(27(37)33(5)31-26)29-25-15-22-18-32(4)12-13-35(22)30-25/h6-9,15-16,19H,10-14,17-18H2,1-5H3,(H,29,30)/t19-/m0/s1. The van der Waals surface area contributed by atoms with Gasteiger partial charge in [0, 0.05) is 57.3 Å². The Bertz CT molecular complexity index is 1350. The van der Waals surface area contributed by atoms with E-state index in [1.165, 1.54) is 10.2 Å². The van der Waals surface area contributed by atoms with Crippen molar-refractivity contribution in [1.29, 1.82) is 0 Å². The topological polar surface area (TPSA) is 88.3 Å². The highest BCUT2D eigenvalue weighted by atomic mass is 16.1. The highest BCUT2D eigenvalue weighted by Gasteiger charge is 2.27. The summed E-state index contributed by atoms with van der Waals surface area (Å²) in [6, 6.07) is 11.8. The van der Waals surface area contributed by atoms with Gasteiger partial charge in [0.25, 0.3) is 5.56 Å². The number of Topliss-reactive ketones (excluding diaryl/α,β-unsaturated/α-hetero) is 1. The lowest BCUT2D eigenvalue weighted by Crippen LogP contribution is -2.30.